The summed E-state index contributed by atoms with van der Waals surface area (Å²) < 4.78 is 19.5. The first-order chi connectivity index (χ1) is 12.1. The molecule has 2 N–H and O–H groups in total. The monoisotopic (exact) mass is 367 g/mol. The van der Waals surface area contributed by atoms with E-state index in [1.807, 2.05) is 0 Å². The molecule has 7 nitrogen and oxygen atoms in total. The van der Waals surface area contributed by atoms with Gasteiger partial charge in [0, 0.05) is 39.0 Å². The van der Waals surface area contributed by atoms with E-state index in [4.69, 9.17) is 4.74 Å². The Morgan fingerprint density at radius 1 is 1.40 bits per heavy atom. The number of aromatic nitrogens is 3. The summed E-state index contributed by atoms with van der Waals surface area (Å²) in [5.41, 5.74) is 1.08. The summed E-state index contributed by atoms with van der Waals surface area (Å²) >= 11 is 1.44. The maximum atomic E-state index is 14.6. The van der Waals surface area contributed by atoms with E-state index >= 15 is 0 Å². The zero-order valence-electron chi connectivity index (χ0n) is 14.1. The summed E-state index contributed by atoms with van der Waals surface area (Å²) in [6, 6.07) is -0.0107. The molecule has 0 bridgehead atoms. The first kappa shape index (κ1) is 17.9. The van der Waals surface area contributed by atoms with Gasteiger partial charge in [0.25, 0.3) is 0 Å². The maximum absolute atomic E-state index is 14.6. The molecular formula is C16H22FN5O2S. The van der Waals surface area contributed by atoms with E-state index in [0.717, 1.165) is 17.7 Å². The number of fused-ring (bicyclic) bond motifs is 1. The topological polar surface area (TPSA) is 89.0 Å². The Balaban J connectivity index is 1.40. The minimum absolute atomic E-state index is 0.0107. The number of carbonyl (C=O) groups excluding carboxylic acids is 1. The highest BCUT2D eigenvalue weighted by atomic mass is 32.1. The molecule has 1 amide bonds. The van der Waals surface area contributed by atoms with E-state index in [9.17, 15) is 9.18 Å². The van der Waals surface area contributed by atoms with Crippen LogP contribution in [0.25, 0.3) is 10.3 Å². The summed E-state index contributed by atoms with van der Waals surface area (Å²) in [6.07, 6.45) is 4.15. The molecule has 0 saturated heterocycles. The van der Waals surface area contributed by atoms with Crippen LogP contribution in [0.4, 0.5) is 10.2 Å². The van der Waals surface area contributed by atoms with Crippen LogP contribution in [0.1, 0.15) is 32.1 Å². The van der Waals surface area contributed by atoms with Crippen molar-refractivity contribution in [1.82, 2.24) is 20.3 Å². The molecule has 0 atom stereocenters. The largest absolute Gasteiger partial charge is 0.385 e. The van der Waals surface area contributed by atoms with Gasteiger partial charge in [-0.2, -0.15) is 0 Å². The summed E-state index contributed by atoms with van der Waals surface area (Å²) in [6.45, 7) is 0.702. The number of nitrogens with one attached hydrogen (secondary N) is 2. The minimum Gasteiger partial charge on any atom is -0.385 e. The molecular weight excluding hydrogens is 345 g/mol. The van der Waals surface area contributed by atoms with Crippen molar-refractivity contribution in [2.45, 2.75) is 43.8 Å². The lowest BCUT2D eigenvalue weighted by molar-refractivity contribution is -0.122. The normalized spacial score (nSPS) is 22.6. The number of alkyl halides is 1. The average Bonchev–Trinajstić information content (AvgIpc) is 3.05. The van der Waals surface area contributed by atoms with Crippen molar-refractivity contribution in [2.24, 2.45) is 0 Å². The van der Waals surface area contributed by atoms with Crippen molar-refractivity contribution in [1.29, 1.82) is 0 Å². The predicted octanol–water partition coefficient (Wildman–Crippen LogP) is 2.30. The third-order valence-electron chi connectivity index (χ3n) is 4.30. The molecule has 1 fully saturated rings. The van der Waals surface area contributed by atoms with Gasteiger partial charge in [-0.05, 0) is 12.8 Å². The van der Waals surface area contributed by atoms with Crippen molar-refractivity contribution in [3.05, 3.63) is 11.8 Å². The summed E-state index contributed by atoms with van der Waals surface area (Å²) in [5.74, 6) is 0.532. The van der Waals surface area contributed by atoms with Crippen LogP contribution in [0.3, 0.4) is 0 Å². The Labute approximate surface area is 149 Å². The molecule has 25 heavy (non-hydrogen) atoms. The van der Waals surface area contributed by atoms with Gasteiger partial charge in [0.2, 0.25) is 5.91 Å². The number of amides is 1. The predicted molar refractivity (Wildman–Crippen MR) is 94.4 cm³/mol. The maximum Gasteiger partial charge on any atom is 0.220 e. The van der Waals surface area contributed by atoms with E-state index in [2.05, 4.69) is 25.6 Å². The van der Waals surface area contributed by atoms with Gasteiger partial charge in [0.1, 0.15) is 22.3 Å². The van der Waals surface area contributed by atoms with Crippen LogP contribution in [-0.2, 0) is 9.53 Å². The van der Waals surface area contributed by atoms with Gasteiger partial charge in [0.15, 0.2) is 5.82 Å². The Hall–Kier alpha value is -1.87. The van der Waals surface area contributed by atoms with Crippen LogP contribution in [0.2, 0.25) is 0 Å². The first-order valence-electron chi connectivity index (χ1n) is 8.35. The molecule has 3 rings (SSSR count). The van der Waals surface area contributed by atoms with Crippen molar-refractivity contribution >= 4 is 33.4 Å². The van der Waals surface area contributed by atoms with Crippen molar-refractivity contribution in [2.75, 3.05) is 25.6 Å². The molecule has 2 aromatic rings. The molecule has 0 aromatic carbocycles. The van der Waals surface area contributed by atoms with Crippen molar-refractivity contribution in [3.8, 4) is 0 Å². The summed E-state index contributed by atoms with van der Waals surface area (Å²) in [5, 5.41) is 5.92. The third kappa shape index (κ3) is 4.60. The van der Waals surface area contributed by atoms with Gasteiger partial charge in [0.05, 0.1) is 12.1 Å². The van der Waals surface area contributed by atoms with Crippen LogP contribution >= 0.6 is 11.3 Å². The number of rotatable bonds is 9. The van der Waals surface area contributed by atoms with Gasteiger partial charge in [-0.1, -0.05) is 0 Å². The number of ether oxygens (including phenoxy) is 1. The number of thiazole rings is 1. The molecule has 136 valence electrons. The summed E-state index contributed by atoms with van der Waals surface area (Å²) in [7, 11) is 1.63. The van der Waals surface area contributed by atoms with E-state index < -0.39 is 5.67 Å². The van der Waals surface area contributed by atoms with Crippen LogP contribution in [0.15, 0.2) is 11.8 Å². The smallest absolute Gasteiger partial charge is 0.220 e. The molecule has 0 radical (unpaired) electrons. The second-order valence-corrected chi connectivity index (χ2v) is 7.19. The fraction of sp³-hybridized carbons (Fsp3) is 0.625. The molecule has 1 saturated carbocycles. The summed E-state index contributed by atoms with van der Waals surface area (Å²) in [4.78, 5) is 25.1. The van der Waals surface area contributed by atoms with E-state index in [1.54, 1.807) is 12.6 Å². The molecule has 2 heterocycles. The average molecular weight is 367 g/mol. The van der Waals surface area contributed by atoms with Crippen LogP contribution in [0.5, 0.6) is 0 Å². The number of hydrogen-bond acceptors (Lipinski definition) is 7. The van der Waals surface area contributed by atoms with Crippen molar-refractivity contribution < 1.29 is 13.9 Å². The molecule has 0 aliphatic heterocycles. The number of nitrogens with zero attached hydrogens (tertiary/aromatic N) is 3. The van der Waals surface area contributed by atoms with E-state index in [0.29, 0.717) is 37.2 Å². The quantitative estimate of drug-likeness (QED) is 0.661. The Morgan fingerprint density at radius 2 is 2.24 bits per heavy atom. The fourth-order valence-corrected chi connectivity index (χ4v) is 3.57. The standard InChI is InChI=1S/C16H22FN5O2S/c1-24-5-3-2-4-12(23)18-8-16(17)6-11(7-16)22-14-13-15(20-9-19-14)25-10-21-13/h9-11H,2-8H2,1H3,(H,18,23)(H,19,20,22). The van der Waals surface area contributed by atoms with Gasteiger partial charge in [-0.15, -0.1) is 11.3 Å². The van der Waals surface area contributed by atoms with Gasteiger partial charge in [-0.3, -0.25) is 4.79 Å². The Kier molecular flexibility index (Phi) is 5.74. The molecule has 2 aromatic heterocycles. The van der Waals surface area contributed by atoms with Gasteiger partial charge >= 0.3 is 0 Å². The number of halogens is 1. The number of anilines is 1. The van der Waals surface area contributed by atoms with Crippen LogP contribution in [0, 0.1) is 0 Å². The lowest BCUT2D eigenvalue weighted by Gasteiger charge is -2.41. The van der Waals surface area contributed by atoms with Crippen LogP contribution < -0.4 is 10.6 Å². The minimum atomic E-state index is -1.35. The molecule has 1 aliphatic carbocycles. The number of hydrogen-bond donors (Lipinski definition) is 2. The molecule has 0 spiro atoms. The molecule has 0 unspecified atom stereocenters. The SMILES string of the molecule is COCCCCC(=O)NCC1(F)CC(Nc2ncnc3scnc23)C1. The van der Waals surface area contributed by atoms with E-state index in [1.165, 1.54) is 17.7 Å². The molecule has 9 heteroatoms. The lowest BCUT2D eigenvalue weighted by Crippen LogP contribution is -2.54. The highest BCUT2D eigenvalue weighted by molar-refractivity contribution is 7.16. The van der Waals surface area contributed by atoms with Gasteiger partial charge in [-0.25, -0.2) is 19.3 Å². The Bertz CT molecular complexity index is 719. The second-order valence-electron chi connectivity index (χ2n) is 6.36. The van der Waals surface area contributed by atoms with Crippen molar-refractivity contribution in [3.63, 3.8) is 0 Å². The fourth-order valence-electron chi connectivity index (χ4n) is 2.94. The number of methoxy groups -OCH3 is 1. The highest BCUT2D eigenvalue weighted by Crippen LogP contribution is 2.38. The Morgan fingerprint density at radius 3 is 3.04 bits per heavy atom. The van der Waals surface area contributed by atoms with Crippen LogP contribution in [-0.4, -0.2) is 52.8 Å². The molecule has 1 aliphatic rings. The number of carbonyl (C=O) groups is 1. The zero-order valence-corrected chi connectivity index (χ0v) is 14.9. The zero-order chi connectivity index (χ0) is 17.7. The van der Waals surface area contributed by atoms with Gasteiger partial charge < -0.3 is 15.4 Å². The number of unbranched alkanes of at least 4 members (excludes halogenated alkanes) is 1. The van der Waals surface area contributed by atoms with E-state index in [-0.39, 0.29) is 18.5 Å². The second kappa shape index (κ2) is 8.01. The first-order valence-corrected chi connectivity index (χ1v) is 9.23. The third-order valence-corrected chi connectivity index (χ3v) is 5.04. The highest BCUT2D eigenvalue weighted by Gasteiger charge is 2.45. The lowest BCUT2D eigenvalue weighted by atomic mass is 9.77.